The van der Waals surface area contributed by atoms with E-state index in [1.807, 2.05) is 79.1 Å². The summed E-state index contributed by atoms with van der Waals surface area (Å²) in [5, 5.41) is 14.2. The molecule has 1 atom stereocenters. The molecule has 4 aromatic rings. The van der Waals surface area contributed by atoms with Crippen LogP contribution < -0.4 is 5.32 Å². The van der Waals surface area contributed by atoms with Crippen molar-refractivity contribution in [1.29, 1.82) is 0 Å². The standard InChI is InChI=1S/C26H20N4O3/c31-26-24(22-16-21(30(32)33)12-13-23(22)28-26)25(19-6-2-1-3-7-19)27-20-10-8-18(9-11-20)17-29-14-4-5-15-29/h1-16,24H,17H2,(H,28,31). The third-order valence-electron chi connectivity index (χ3n) is 5.64. The van der Waals surface area contributed by atoms with Crippen molar-refractivity contribution in [2.45, 2.75) is 12.5 Å². The molecule has 33 heavy (non-hydrogen) atoms. The van der Waals surface area contributed by atoms with Crippen molar-refractivity contribution in [3.63, 3.8) is 0 Å². The lowest BCUT2D eigenvalue weighted by Crippen LogP contribution is -2.22. The summed E-state index contributed by atoms with van der Waals surface area (Å²) in [7, 11) is 0. The van der Waals surface area contributed by atoms with Gasteiger partial charge in [0, 0.05) is 42.3 Å². The molecule has 1 unspecified atom stereocenters. The molecule has 0 saturated carbocycles. The highest BCUT2D eigenvalue weighted by atomic mass is 16.6. The first-order valence-corrected chi connectivity index (χ1v) is 10.5. The van der Waals surface area contributed by atoms with Crippen LogP contribution in [0.15, 0.2) is 102 Å². The van der Waals surface area contributed by atoms with Gasteiger partial charge in [0.25, 0.3) is 5.69 Å². The van der Waals surface area contributed by atoms with Gasteiger partial charge in [0.15, 0.2) is 0 Å². The number of aliphatic imine (C=N–C) groups is 1. The summed E-state index contributed by atoms with van der Waals surface area (Å²) >= 11 is 0. The molecule has 1 amide bonds. The van der Waals surface area contributed by atoms with Gasteiger partial charge in [-0.25, -0.2) is 0 Å². The Bertz CT molecular complexity index is 1340. The molecule has 1 N–H and O–H groups in total. The molecule has 2 heterocycles. The topological polar surface area (TPSA) is 89.5 Å². The molecule has 1 aliphatic rings. The first kappa shape index (κ1) is 20.4. The van der Waals surface area contributed by atoms with Crippen LogP contribution in [0.4, 0.5) is 17.1 Å². The summed E-state index contributed by atoms with van der Waals surface area (Å²) in [6.07, 6.45) is 4.02. The average molecular weight is 436 g/mol. The first-order chi connectivity index (χ1) is 16.1. The van der Waals surface area contributed by atoms with E-state index in [4.69, 9.17) is 4.99 Å². The van der Waals surface area contributed by atoms with E-state index >= 15 is 0 Å². The van der Waals surface area contributed by atoms with Crippen LogP contribution in [0.2, 0.25) is 0 Å². The molecule has 0 saturated heterocycles. The van der Waals surface area contributed by atoms with Gasteiger partial charge in [-0.2, -0.15) is 0 Å². The van der Waals surface area contributed by atoms with Crippen molar-refractivity contribution in [2.24, 2.45) is 4.99 Å². The van der Waals surface area contributed by atoms with Crippen molar-refractivity contribution in [3.8, 4) is 0 Å². The van der Waals surface area contributed by atoms with E-state index in [1.165, 1.54) is 12.1 Å². The molecule has 3 aromatic carbocycles. The zero-order valence-corrected chi connectivity index (χ0v) is 17.6. The second-order valence-corrected chi connectivity index (χ2v) is 7.84. The SMILES string of the molecule is O=C1Nc2ccc([N+](=O)[O-])cc2C1C(=Nc1ccc(Cn2cccc2)cc1)c1ccccc1. The number of anilines is 1. The number of carbonyl (C=O) groups is 1. The Morgan fingerprint density at radius 2 is 1.70 bits per heavy atom. The van der Waals surface area contributed by atoms with Gasteiger partial charge in [0.2, 0.25) is 5.91 Å². The Labute approximate surface area is 190 Å². The Hall–Kier alpha value is -4.52. The largest absolute Gasteiger partial charge is 0.350 e. The Morgan fingerprint density at radius 1 is 0.970 bits per heavy atom. The fourth-order valence-corrected chi connectivity index (χ4v) is 4.04. The minimum absolute atomic E-state index is 0.0583. The van der Waals surface area contributed by atoms with Gasteiger partial charge in [-0.1, -0.05) is 42.5 Å². The zero-order valence-electron chi connectivity index (χ0n) is 17.6. The van der Waals surface area contributed by atoms with Gasteiger partial charge in [-0.15, -0.1) is 0 Å². The van der Waals surface area contributed by atoms with Gasteiger partial charge < -0.3 is 9.88 Å². The number of benzene rings is 3. The van der Waals surface area contributed by atoms with Crippen molar-refractivity contribution in [3.05, 3.63) is 124 Å². The number of rotatable bonds is 6. The zero-order chi connectivity index (χ0) is 22.8. The highest BCUT2D eigenvalue weighted by Gasteiger charge is 2.36. The fourth-order valence-electron chi connectivity index (χ4n) is 4.04. The molecule has 5 rings (SSSR count). The molecule has 1 aromatic heterocycles. The number of nitrogens with zero attached hydrogens (tertiary/aromatic N) is 3. The van der Waals surface area contributed by atoms with Crippen molar-refractivity contribution in [1.82, 2.24) is 4.57 Å². The monoisotopic (exact) mass is 436 g/mol. The number of nitrogens with one attached hydrogen (secondary N) is 1. The summed E-state index contributed by atoms with van der Waals surface area (Å²) in [6, 6.07) is 25.7. The second kappa shape index (κ2) is 8.55. The lowest BCUT2D eigenvalue weighted by molar-refractivity contribution is -0.384. The normalized spacial score (nSPS) is 15.2. The molecular formula is C26H20N4O3. The van der Waals surface area contributed by atoms with Crippen LogP contribution in [0.25, 0.3) is 0 Å². The number of aromatic nitrogens is 1. The van der Waals surface area contributed by atoms with Gasteiger partial charge in [0.05, 0.1) is 16.3 Å². The van der Waals surface area contributed by atoms with E-state index in [1.54, 1.807) is 6.07 Å². The number of nitro groups is 1. The summed E-state index contributed by atoms with van der Waals surface area (Å²) in [4.78, 5) is 28.7. The van der Waals surface area contributed by atoms with Crippen LogP contribution in [-0.2, 0) is 11.3 Å². The van der Waals surface area contributed by atoms with Crippen molar-refractivity contribution < 1.29 is 9.72 Å². The molecule has 7 nitrogen and oxygen atoms in total. The number of fused-ring (bicyclic) bond motifs is 1. The second-order valence-electron chi connectivity index (χ2n) is 7.84. The van der Waals surface area contributed by atoms with Crippen LogP contribution in [-0.4, -0.2) is 21.1 Å². The Morgan fingerprint density at radius 3 is 2.39 bits per heavy atom. The van der Waals surface area contributed by atoms with E-state index < -0.39 is 10.8 Å². The van der Waals surface area contributed by atoms with E-state index in [9.17, 15) is 14.9 Å². The number of non-ortho nitro benzene ring substituents is 1. The lowest BCUT2D eigenvalue weighted by Gasteiger charge is -2.14. The predicted octanol–water partition coefficient (Wildman–Crippen LogP) is 5.30. The smallest absolute Gasteiger partial charge is 0.269 e. The predicted molar refractivity (Wildman–Crippen MR) is 127 cm³/mol. The van der Waals surface area contributed by atoms with E-state index in [-0.39, 0.29) is 11.6 Å². The number of nitro benzene ring substituents is 1. The maximum absolute atomic E-state index is 13.0. The highest BCUT2D eigenvalue weighted by Crippen LogP contribution is 2.38. The van der Waals surface area contributed by atoms with Gasteiger partial charge in [-0.05, 0) is 41.5 Å². The van der Waals surface area contributed by atoms with E-state index in [2.05, 4.69) is 9.88 Å². The molecule has 0 fully saturated rings. The number of hydrogen-bond donors (Lipinski definition) is 1. The summed E-state index contributed by atoms with van der Waals surface area (Å²) in [5.41, 5.74) is 4.24. The van der Waals surface area contributed by atoms with Gasteiger partial charge in [-0.3, -0.25) is 19.9 Å². The van der Waals surface area contributed by atoms with Gasteiger partial charge >= 0.3 is 0 Å². The van der Waals surface area contributed by atoms with Crippen LogP contribution in [0, 0.1) is 10.1 Å². The third-order valence-corrected chi connectivity index (χ3v) is 5.64. The van der Waals surface area contributed by atoms with Crippen LogP contribution in [0.5, 0.6) is 0 Å². The number of hydrogen-bond acceptors (Lipinski definition) is 4. The molecule has 0 spiro atoms. The Kier molecular flexibility index (Phi) is 5.28. The van der Waals surface area contributed by atoms with Crippen molar-refractivity contribution in [2.75, 3.05) is 5.32 Å². The maximum atomic E-state index is 13.0. The number of amides is 1. The first-order valence-electron chi connectivity index (χ1n) is 10.5. The minimum atomic E-state index is -0.748. The lowest BCUT2D eigenvalue weighted by atomic mass is 9.90. The molecule has 0 bridgehead atoms. The maximum Gasteiger partial charge on any atom is 0.269 e. The molecule has 1 aliphatic heterocycles. The summed E-state index contributed by atoms with van der Waals surface area (Å²) < 4.78 is 2.08. The molecule has 162 valence electrons. The Balaban J connectivity index is 1.55. The quantitative estimate of drug-likeness (QED) is 0.253. The summed E-state index contributed by atoms with van der Waals surface area (Å²) in [6.45, 7) is 0.755. The molecular weight excluding hydrogens is 416 g/mol. The fraction of sp³-hybridized carbons (Fsp3) is 0.0769. The third kappa shape index (κ3) is 4.16. The van der Waals surface area contributed by atoms with E-state index in [0.717, 1.165) is 17.7 Å². The van der Waals surface area contributed by atoms with Crippen LogP contribution in [0.3, 0.4) is 0 Å². The van der Waals surface area contributed by atoms with Crippen LogP contribution in [0.1, 0.15) is 22.6 Å². The minimum Gasteiger partial charge on any atom is -0.350 e. The highest BCUT2D eigenvalue weighted by molar-refractivity contribution is 6.24. The molecule has 0 radical (unpaired) electrons. The average Bonchev–Trinajstić information content (AvgIpc) is 3.45. The number of carbonyl (C=O) groups excluding carboxylic acids is 1. The van der Waals surface area contributed by atoms with Gasteiger partial charge in [0.1, 0.15) is 5.92 Å². The molecule has 0 aliphatic carbocycles. The van der Waals surface area contributed by atoms with E-state index in [0.29, 0.717) is 22.6 Å². The summed E-state index contributed by atoms with van der Waals surface area (Å²) in [5.74, 6) is -1.00. The van der Waals surface area contributed by atoms with Crippen molar-refractivity contribution >= 4 is 28.7 Å². The molecule has 7 heteroatoms. The van der Waals surface area contributed by atoms with Crippen LogP contribution >= 0.6 is 0 Å².